The van der Waals surface area contributed by atoms with Crippen molar-refractivity contribution in [2.75, 3.05) is 0 Å². The molecule has 0 aliphatic carbocycles. The SMILES string of the molecule is FC(Cl)(Cl)C(F)(F)n1cncn1. The minimum atomic E-state index is -4.13. The summed E-state index contributed by atoms with van der Waals surface area (Å²) >= 11 is 9.15. The minimum absolute atomic E-state index is 0.0625. The number of halogens is 5. The number of nitrogens with zero attached hydrogens (tertiary/aromatic N) is 3. The molecule has 0 saturated heterocycles. The highest BCUT2D eigenvalue weighted by molar-refractivity contribution is 6.47. The van der Waals surface area contributed by atoms with Gasteiger partial charge in [-0.2, -0.15) is 23.0 Å². The topological polar surface area (TPSA) is 30.7 Å². The van der Waals surface area contributed by atoms with Gasteiger partial charge in [0.25, 0.3) is 0 Å². The third kappa shape index (κ3) is 1.49. The first-order valence-corrected chi connectivity index (χ1v) is 3.41. The van der Waals surface area contributed by atoms with Crippen LogP contribution in [0.15, 0.2) is 12.7 Å². The molecule has 0 radical (unpaired) electrons. The highest BCUT2D eigenvalue weighted by atomic mass is 35.5. The lowest BCUT2D eigenvalue weighted by atomic mass is 10.6. The van der Waals surface area contributed by atoms with E-state index < -0.39 is 10.6 Å². The van der Waals surface area contributed by atoms with Crippen LogP contribution in [0.1, 0.15) is 0 Å². The molecule has 1 rings (SSSR count). The van der Waals surface area contributed by atoms with Crippen LogP contribution in [-0.4, -0.2) is 19.4 Å². The molecule has 1 aromatic rings. The van der Waals surface area contributed by atoms with Crippen molar-refractivity contribution in [3.8, 4) is 0 Å². The molecule has 0 fully saturated rings. The quantitative estimate of drug-likeness (QED) is 0.712. The molecule has 12 heavy (non-hydrogen) atoms. The molecular weight excluding hydrogens is 218 g/mol. The minimum Gasteiger partial charge on any atom is -0.223 e. The van der Waals surface area contributed by atoms with Crippen molar-refractivity contribution in [3.63, 3.8) is 0 Å². The number of aromatic nitrogens is 3. The standard InChI is InChI=1S/C4H2Cl2F3N3/c5-3(6,7)4(8,9)12-2-10-1-11-12/h1-2H. The molecule has 0 unspecified atom stereocenters. The summed E-state index contributed by atoms with van der Waals surface area (Å²) in [5.74, 6) is 0. The lowest BCUT2D eigenvalue weighted by molar-refractivity contribution is -0.141. The first-order chi connectivity index (χ1) is 5.36. The molecule has 0 saturated carbocycles. The monoisotopic (exact) mass is 219 g/mol. The van der Waals surface area contributed by atoms with E-state index >= 15 is 0 Å². The fraction of sp³-hybridized carbons (Fsp3) is 0.500. The molecule has 0 N–H and O–H groups in total. The smallest absolute Gasteiger partial charge is 0.223 e. The number of alkyl halides is 5. The number of hydrogen-bond donors (Lipinski definition) is 0. The zero-order valence-electron chi connectivity index (χ0n) is 5.39. The number of rotatable bonds is 2. The summed E-state index contributed by atoms with van der Waals surface area (Å²) in [7, 11) is 0. The van der Waals surface area contributed by atoms with Gasteiger partial charge in [-0.3, -0.25) is 0 Å². The Kier molecular flexibility index (Phi) is 2.22. The second-order valence-corrected chi connectivity index (χ2v) is 3.11. The molecule has 68 valence electrons. The summed E-state index contributed by atoms with van der Waals surface area (Å²) in [6, 6.07) is -4.13. The zero-order valence-corrected chi connectivity index (χ0v) is 6.90. The van der Waals surface area contributed by atoms with Gasteiger partial charge in [-0.05, 0) is 0 Å². The second-order valence-electron chi connectivity index (χ2n) is 1.88. The van der Waals surface area contributed by atoms with E-state index in [1.165, 1.54) is 0 Å². The average Bonchev–Trinajstić information content (AvgIpc) is 2.34. The predicted octanol–water partition coefficient (Wildman–Crippen LogP) is 1.93. The Labute approximate surface area is 75.1 Å². The van der Waals surface area contributed by atoms with Gasteiger partial charge in [-0.1, -0.05) is 23.2 Å². The predicted molar refractivity (Wildman–Crippen MR) is 35.8 cm³/mol. The van der Waals surface area contributed by atoms with Crippen LogP contribution in [0.3, 0.4) is 0 Å². The lowest BCUT2D eigenvalue weighted by Crippen LogP contribution is -2.38. The Morgan fingerprint density at radius 2 is 1.83 bits per heavy atom. The van der Waals surface area contributed by atoms with Gasteiger partial charge < -0.3 is 0 Å². The molecule has 0 bridgehead atoms. The van der Waals surface area contributed by atoms with Crippen LogP contribution in [0.4, 0.5) is 13.2 Å². The first kappa shape index (κ1) is 9.60. The summed E-state index contributed by atoms with van der Waals surface area (Å²) < 4.78 is 34.1. The summed E-state index contributed by atoms with van der Waals surface area (Å²) in [5.41, 5.74) is 0. The normalized spacial score (nSPS) is 13.4. The van der Waals surface area contributed by atoms with Gasteiger partial charge in [-0.25, -0.2) is 4.98 Å². The maximum atomic E-state index is 12.7. The van der Waals surface area contributed by atoms with Crippen molar-refractivity contribution in [2.45, 2.75) is 10.6 Å². The molecule has 0 atom stereocenters. The van der Waals surface area contributed by atoms with E-state index in [0.717, 1.165) is 6.33 Å². The van der Waals surface area contributed by atoms with Crippen LogP contribution < -0.4 is 0 Å². The van der Waals surface area contributed by atoms with Crippen LogP contribution in [0.25, 0.3) is 0 Å². The van der Waals surface area contributed by atoms with Crippen molar-refractivity contribution in [1.82, 2.24) is 14.8 Å². The van der Waals surface area contributed by atoms with Crippen molar-refractivity contribution in [2.24, 2.45) is 0 Å². The summed E-state index contributed by atoms with van der Waals surface area (Å²) in [5, 5.41) is 3.00. The molecule has 0 spiro atoms. The van der Waals surface area contributed by atoms with Crippen molar-refractivity contribution in [3.05, 3.63) is 12.7 Å². The van der Waals surface area contributed by atoms with Crippen LogP contribution in [0.5, 0.6) is 0 Å². The van der Waals surface area contributed by atoms with Gasteiger partial charge in [-0.15, -0.1) is 0 Å². The molecule has 8 heteroatoms. The largest absolute Gasteiger partial charge is 0.407 e. The Bertz CT molecular complexity index is 255. The molecular formula is C4H2Cl2F3N3. The molecule has 1 heterocycles. The maximum Gasteiger partial charge on any atom is 0.407 e. The van der Waals surface area contributed by atoms with Crippen molar-refractivity contribution in [1.29, 1.82) is 0 Å². The molecule has 1 aromatic heterocycles. The van der Waals surface area contributed by atoms with E-state index in [0.29, 0.717) is 6.33 Å². The van der Waals surface area contributed by atoms with E-state index in [4.69, 9.17) is 0 Å². The van der Waals surface area contributed by atoms with Crippen molar-refractivity contribution >= 4 is 23.2 Å². The molecule has 0 aromatic carbocycles. The molecule has 0 aliphatic rings. The van der Waals surface area contributed by atoms with Gasteiger partial charge in [0, 0.05) is 0 Å². The van der Waals surface area contributed by atoms with Gasteiger partial charge >= 0.3 is 10.6 Å². The summed E-state index contributed by atoms with van der Waals surface area (Å²) in [4.78, 5) is 3.19. The molecule has 0 amide bonds. The summed E-state index contributed by atoms with van der Waals surface area (Å²) in [6.07, 6.45) is 1.42. The molecule has 3 nitrogen and oxygen atoms in total. The third-order valence-corrected chi connectivity index (χ3v) is 1.50. The average molecular weight is 220 g/mol. The van der Waals surface area contributed by atoms with Crippen molar-refractivity contribution < 1.29 is 13.2 Å². The van der Waals surface area contributed by atoms with Gasteiger partial charge in [0.1, 0.15) is 12.7 Å². The lowest BCUT2D eigenvalue weighted by Gasteiger charge is -2.21. The van der Waals surface area contributed by atoms with Crippen LogP contribution in [0, 0.1) is 0 Å². The van der Waals surface area contributed by atoms with Crippen LogP contribution >= 0.6 is 23.2 Å². The van der Waals surface area contributed by atoms with Gasteiger partial charge in [0.05, 0.1) is 0 Å². The second kappa shape index (κ2) is 2.77. The Hall–Kier alpha value is -0.490. The fourth-order valence-corrected chi connectivity index (χ4v) is 0.656. The fourth-order valence-electron chi connectivity index (χ4n) is 0.483. The molecule has 0 aliphatic heterocycles. The highest BCUT2D eigenvalue weighted by Crippen LogP contribution is 2.42. The van der Waals surface area contributed by atoms with E-state index in [-0.39, 0.29) is 4.68 Å². The Balaban J connectivity index is 3.02. The third-order valence-electron chi connectivity index (χ3n) is 1.05. The van der Waals surface area contributed by atoms with E-state index in [1.54, 1.807) is 0 Å². The highest BCUT2D eigenvalue weighted by Gasteiger charge is 2.55. The van der Waals surface area contributed by atoms with Crippen LogP contribution in [0.2, 0.25) is 0 Å². The Morgan fingerprint density at radius 3 is 2.17 bits per heavy atom. The zero-order chi connectivity index (χ0) is 9.41. The number of hydrogen-bond acceptors (Lipinski definition) is 2. The van der Waals surface area contributed by atoms with E-state index in [1.807, 2.05) is 0 Å². The maximum absolute atomic E-state index is 12.7. The Morgan fingerprint density at radius 1 is 1.25 bits per heavy atom. The van der Waals surface area contributed by atoms with Crippen LogP contribution in [-0.2, 0) is 6.05 Å². The first-order valence-electron chi connectivity index (χ1n) is 2.65. The van der Waals surface area contributed by atoms with E-state index in [2.05, 4.69) is 33.3 Å². The van der Waals surface area contributed by atoms with Gasteiger partial charge in [0.15, 0.2) is 0 Å². The van der Waals surface area contributed by atoms with E-state index in [9.17, 15) is 13.2 Å². The van der Waals surface area contributed by atoms with Gasteiger partial charge in [0.2, 0.25) is 0 Å². The summed E-state index contributed by atoms with van der Waals surface area (Å²) in [6.45, 7) is 0.